The molecule has 218 valence electrons. The van der Waals surface area contributed by atoms with Crippen molar-refractivity contribution in [3.8, 4) is 11.5 Å². The summed E-state index contributed by atoms with van der Waals surface area (Å²) in [5.41, 5.74) is 3.46. The Hall–Kier alpha value is -5.20. The van der Waals surface area contributed by atoms with Crippen LogP contribution in [0.5, 0.6) is 0 Å². The summed E-state index contributed by atoms with van der Waals surface area (Å²) in [7, 11) is 1.73. The molecule has 0 unspecified atom stereocenters. The van der Waals surface area contributed by atoms with Crippen molar-refractivity contribution in [2.45, 2.75) is 31.5 Å². The molecule has 43 heavy (non-hydrogen) atoms. The topological polar surface area (TPSA) is 135 Å². The lowest BCUT2D eigenvalue weighted by Gasteiger charge is -2.37. The fourth-order valence-electron chi connectivity index (χ4n) is 5.42. The van der Waals surface area contributed by atoms with Crippen molar-refractivity contribution < 1.29 is 18.4 Å². The molecule has 3 aromatic heterocycles. The van der Waals surface area contributed by atoms with Crippen LogP contribution in [0.15, 0.2) is 71.3 Å². The smallest absolute Gasteiger partial charge is 0.272 e. The molecule has 0 bridgehead atoms. The molecule has 1 aliphatic carbocycles. The molecule has 2 atom stereocenters. The summed E-state index contributed by atoms with van der Waals surface area (Å²) < 4.78 is 19.2. The molecule has 2 fully saturated rings. The van der Waals surface area contributed by atoms with Gasteiger partial charge in [0.25, 0.3) is 11.9 Å². The predicted octanol–water partition coefficient (Wildman–Crippen LogP) is 4.15. The first-order valence-electron chi connectivity index (χ1n) is 14.1. The molecule has 1 saturated heterocycles. The van der Waals surface area contributed by atoms with Crippen molar-refractivity contribution in [1.82, 2.24) is 35.1 Å². The number of benzene rings is 2. The minimum atomic E-state index is -1.07. The van der Waals surface area contributed by atoms with Crippen LogP contribution < -0.4 is 10.2 Å². The van der Waals surface area contributed by atoms with Crippen molar-refractivity contribution in [3.05, 3.63) is 72.6 Å². The molecule has 5 aromatic rings. The van der Waals surface area contributed by atoms with E-state index in [1.54, 1.807) is 48.5 Å². The van der Waals surface area contributed by atoms with Crippen molar-refractivity contribution in [3.63, 3.8) is 0 Å². The molecular weight excluding hydrogens is 553 g/mol. The first-order valence-corrected chi connectivity index (χ1v) is 14.1. The monoisotopic (exact) mass is 581 g/mol. The van der Waals surface area contributed by atoms with E-state index < -0.39 is 12.1 Å². The minimum Gasteiger partial charge on any atom is -0.436 e. The summed E-state index contributed by atoms with van der Waals surface area (Å²) in [5, 5.41) is 15.4. The van der Waals surface area contributed by atoms with Crippen LogP contribution in [0, 0.1) is 5.92 Å². The molecule has 7 rings (SSSR count). The zero-order valence-electron chi connectivity index (χ0n) is 23.3. The number of tetrazole rings is 1. The van der Waals surface area contributed by atoms with Gasteiger partial charge in [0.05, 0.1) is 13.0 Å². The van der Waals surface area contributed by atoms with E-state index in [4.69, 9.17) is 4.42 Å². The van der Waals surface area contributed by atoms with Gasteiger partial charge < -0.3 is 19.5 Å². The molecule has 2 aliphatic rings. The van der Waals surface area contributed by atoms with E-state index in [9.17, 15) is 14.0 Å². The summed E-state index contributed by atoms with van der Waals surface area (Å²) in [6, 6.07) is 18.5. The number of rotatable bonds is 7. The molecule has 0 spiro atoms. The van der Waals surface area contributed by atoms with E-state index in [-0.39, 0.29) is 24.3 Å². The van der Waals surface area contributed by atoms with Gasteiger partial charge in [-0.25, -0.2) is 9.37 Å². The van der Waals surface area contributed by atoms with Gasteiger partial charge in [-0.1, -0.05) is 23.3 Å². The number of aryl methyl sites for hydroxylation is 1. The van der Waals surface area contributed by atoms with Gasteiger partial charge in [0.15, 0.2) is 5.58 Å². The van der Waals surface area contributed by atoms with Gasteiger partial charge in [-0.2, -0.15) is 4.80 Å². The third-order valence-electron chi connectivity index (χ3n) is 7.79. The number of likely N-dealkylation sites (tertiary alicyclic amines) is 1. The van der Waals surface area contributed by atoms with E-state index >= 15 is 0 Å². The highest BCUT2D eigenvalue weighted by Crippen LogP contribution is 2.35. The summed E-state index contributed by atoms with van der Waals surface area (Å²) in [4.78, 5) is 39.8. The number of para-hydroxylation sites is 1. The number of fused-ring (bicyclic) bond motifs is 1. The Morgan fingerprint density at radius 2 is 1.86 bits per heavy atom. The highest BCUT2D eigenvalue weighted by atomic mass is 19.1. The number of carbonyl (C=O) groups is 2. The first-order chi connectivity index (χ1) is 20.9. The average molecular weight is 582 g/mol. The summed E-state index contributed by atoms with van der Waals surface area (Å²) in [6.07, 6.45) is 2.19. The predicted molar refractivity (Wildman–Crippen MR) is 155 cm³/mol. The van der Waals surface area contributed by atoms with E-state index in [0.717, 1.165) is 18.5 Å². The van der Waals surface area contributed by atoms with Gasteiger partial charge in [0, 0.05) is 42.3 Å². The number of oxazole rings is 1. The number of hydrogen-bond acceptors (Lipinski definition) is 9. The van der Waals surface area contributed by atoms with E-state index in [2.05, 4.69) is 35.6 Å². The average Bonchev–Trinajstić information content (AvgIpc) is 3.39. The van der Waals surface area contributed by atoms with Gasteiger partial charge in [0.1, 0.15) is 17.4 Å². The zero-order valence-corrected chi connectivity index (χ0v) is 23.3. The van der Waals surface area contributed by atoms with Gasteiger partial charge in [0.2, 0.25) is 11.8 Å². The second-order valence-electron chi connectivity index (χ2n) is 10.8. The number of alkyl halides is 1. The van der Waals surface area contributed by atoms with E-state index in [1.165, 1.54) is 4.80 Å². The Morgan fingerprint density at radius 3 is 2.58 bits per heavy atom. The largest absolute Gasteiger partial charge is 0.436 e. The maximum absolute atomic E-state index is 13.5. The molecule has 4 heterocycles. The van der Waals surface area contributed by atoms with Gasteiger partial charge in [-0.3, -0.25) is 14.6 Å². The van der Waals surface area contributed by atoms with Crippen molar-refractivity contribution in [2.75, 3.05) is 23.3 Å². The molecule has 1 N–H and O–H groups in total. The Balaban J connectivity index is 1.05. The fraction of sp³-hybridized carbons (Fsp3) is 0.300. The quantitative estimate of drug-likeness (QED) is 0.301. The third-order valence-corrected chi connectivity index (χ3v) is 7.79. The highest BCUT2D eigenvalue weighted by Gasteiger charge is 2.43. The number of carbonyl (C=O) groups excluding carboxylic acids is 2. The number of amides is 2. The van der Waals surface area contributed by atoms with Crippen LogP contribution in [0.2, 0.25) is 0 Å². The van der Waals surface area contributed by atoms with E-state index in [1.807, 2.05) is 30.3 Å². The number of pyridine rings is 1. The molecule has 2 amide bonds. The summed E-state index contributed by atoms with van der Waals surface area (Å²) in [5.74, 6) is -0.238. The third kappa shape index (κ3) is 5.41. The number of nitrogens with zero attached hydrogens (tertiary/aromatic N) is 8. The van der Waals surface area contributed by atoms with Crippen molar-refractivity contribution >= 4 is 40.2 Å². The Labute approximate surface area is 245 Å². The maximum atomic E-state index is 13.5. The highest BCUT2D eigenvalue weighted by molar-refractivity contribution is 5.96. The van der Waals surface area contributed by atoms with Crippen LogP contribution in [0.4, 0.5) is 21.7 Å². The molecular formula is C30H28FN9O3. The van der Waals surface area contributed by atoms with Crippen LogP contribution in [0.25, 0.3) is 22.6 Å². The minimum absolute atomic E-state index is 0.0899. The Kier molecular flexibility index (Phi) is 6.76. The van der Waals surface area contributed by atoms with Crippen LogP contribution in [-0.4, -0.2) is 72.2 Å². The van der Waals surface area contributed by atoms with Crippen LogP contribution in [0.3, 0.4) is 0 Å². The summed E-state index contributed by atoms with van der Waals surface area (Å²) in [6.45, 7) is 1.08. The molecule has 13 heteroatoms. The van der Waals surface area contributed by atoms with Gasteiger partial charge in [-0.15, -0.1) is 5.10 Å². The maximum Gasteiger partial charge on any atom is 0.272 e. The first kappa shape index (κ1) is 26.7. The standard InChI is InChI=1S/C30H28FN9O3/c1-38-36-30(35-37-38)40(20-5-3-2-4-6-20)21-10-13-39(14-11-21)29(42)25-15-18(9-12-32-25)28-34-24-16-19(7-8-26(24)43-28)33-27(41)22-17-23(22)31/h2-9,12,15-16,21-23H,10-11,13-14,17H2,1H3,(H,33,41)/t22-,23+/m1/s1. The molecule has 2 aromatic carbocycles. The van der Waals surface area contributed by atoms with Gasteiger partial charge >= 0.3 is 0 Å². The molecule has 12 nitrogen and oxygen atoms in total. The lowest BCUT2D eigenvalue weighted by Crippen LogP contribution is -2.46. The Bertz CT molecular complexity index is 1800. The molecule has 1 saturated carbocycles. The van der Waals surface area contributed by atoms with Crippen LogP contribution >= 0.6 is 0 Å². The van der Waals surface area contributed by atoms with Crippen LogP contribution in [0.1, 0.15) is 29.8 Å². The fourth-order valence-corrected chi connectivity index (χ4v) is 5.42. The SMILES string of the molecule is Cn1nnc(N(c2ccccc2)C2CCN(C(=O)c3cc(-c4nc5cc(NC(=O)[C@@H]6C[C@@H]6F)ccc5o4)ccn3)CC2)n1. The van der Waals surface area contributed by atoms with Crippen molar-refractivity contribution in [1.29, 1.82) is 0 Å². The molecule has 0 radical (unpaired) electrons. The number of nitrogens with one attached hydrogen (secondary N) is 1. The van der Waals surface area contributed by atoms with Crippen LogP contribution in [-0.2, 0) is 11.8 Å². The number of piperidine rings is 1. The molecule has 1 aliphatic heterocycles. The number of aromatic nitrogens is 6. The number of hydrogen-bond donors (Lipinski definition) is 1. The normalized spacial score (nSPS) is 18.5. The number of halogens is 1. The lowest BCUT2D eigenvalue weighted by molar-refractivity contribution is -0.117. The number of anilines is 3. The zero-order chi connectivity index (χ0) is 29.5. The van der Waals surface area contributed by atoms with E-state index in [0.29, 0.717) is 53.0 Å². The second-order valence-corrected chi connectivity index (χ2v) is 10.8. The second kappa shape index (κ2) is 10.9. The lowest BCUT2D eigenvalue weighted by atomic mass is 10.0. The van der Waals surface area contributed by atoms with Crippen molar-refractivity contribution in [2.24, 2.45) is 13.0 Å². The van der Waals surface area contributed by atoms with Gasteiger partial charge in [-0.05, 0) is 66.9 Å². The Morgan fingerprint density at radius 1 is 1.07 bits per heavy atom. The summed E-state index contributed by atoms with van der Waals surface area (Å²) >= 11 is 0.